The summed E-state index contributed by atoms with van der Waals surface area (Å²) < 4.78 is 6.60. The van der Waals surface area contributed by atoms with E-state index in [9.17, 15) is 0 Å². The van der Waals surface area contributed by atoms with Crippen molar-refractivity contribution in [1.29, 1.82) is 0 Å². The Bertz CT molecular complexity index is 484. The van der Waals surface area contributed by atoms with E-state index in [1.807, 2.05) is 17.4 Å². The molecule has 1 unspecified atom stereocenters. The molecule has 0 aliphatic carbocycles. The number of hydrogen-bond donors (Lipinski definition) is 1. The average Bonchev–Trinajstić information content (AvgIpc) is 2.83. The number of thiophene rings is 1. The predicted molar refractivity (Wildman–Crippen MR) is 75.7 cm³/mol. The van der Waals surface area contributed by atoms with E-state index in [0.717, 1.165) is 16.8 Å². The van der Waals surface area contributed by atoms with Crippen molar-refractivity contribution in [2.45, 2.75) is 26.8 Å². The maximum absolute atomic E-state index is 5.58. The molecule has 0 radical (unpaired) electrons. The summed E-state index contributed by atoms with van der Waals surface area (Å²) in [7, 11) is 0. The summed E-state index contributed by atoms with van der Waals surface area (Å²) >= 11 is 5.36. The number of halogens is 1. The third-order valence-electron chi connectivity index (χ3n) is 2.78. The van der Waals surface area contributed by atoms with Gasteiger partial charge < -0.3 is 9.73 Å². The highest BCUT2D eigenvalue weighted by atomic mass is 79.9. The van der Waals surface area contributed by atoms with E-state index in [0.29, 0.717) is 0 Å². The molecule has 0 fully saturated rings. The lowest BCUT2D eigenvalue weighted by molar-refractivity contribution is 0.453. The van der Waals surface area contributed by atoms with E-state index in [-0.39, 0.29) is 6.04 Å². The molecule has 92 valence electrons. The molecule has 2 aromatic heterocycles. The van der Waals surface area contributed by atoms with E-state index in [1.165, 1.54) is 15.3 Å². The fourth-order valence-corrected chi connectivity index (χ4v) is 3.33. The molecule has 0 aliphatic heterocycles. The first-order chi connectivity index (χ1) is 8.13. The Hall–Kier alpha value is -0.580. The van der Waals surface area contributed by atoms with Gasteiger partial charge in [0.1, 0.15) is 11.8 Å². The van der Waals surface area contributed by atoms with E-state index in [4.69, 9.17) is 4.42 Å². The highest BCUT2D eigenvalue weighted by molar-refractivity contribution is 9.10. The SMILES string of the molecule is CCNC(c1cc(C)c(C)s1)c1occc1Br. The van der Waals surface area contributed by atoms with Crippen molar-refractivity contribution in [3.63, 3.8) is 0 Å². The number of hydrogen-bond acceptors (Lipinski definition) is 3. The molecular formula is C13H16BrNOS. The summed E-state index contributed by atoms with van der Waals surface area (Å²) in [5.41, 5.74) is 1.34. The van der Waals surface area contributed by atoms with Crippen LogP contribution in [0.15, 0.2) is 27.3 Å². The van der Waals surface area contributed by atoms with E-state index < -0.39 is 0 Å². The quantitative estimate of drug-likeness (QED) is 0.904. The number of furan rings is 1. The van der Waals surface area contributed by atoms with Crippen molar-refractivity contribution in [2.75, 3.05) is 6.54 Å². The molecule has 0 aromatic carbocycles. The fourth-order valence-electron chi connectivity index (χ4n) is 1.78. The third-order valence-corrected chi connectivity index (χ3v) is 4.66. The first kappa shape index (κ1) is 12.9. The standard InChI is InChI=1S/C13H16BrNOS/c1-4-15-12(13-10(14)5-6-16-13)11-7-8(2)9(3)17-11/h5-7,12,15H,4H2,1-3H3. The monoisotopic (exact) mass is 313 g/mol. The first-order valence-electron chi connectivity index (χ1n) is 5.66. The van der Waals surface area contributed by atoms with Crippen LogP contribution >= 0.6 is 27.3 Å². The molecule has 0 aliphatic rings. The Morgan fingerprint density at radius 1 is 1.47 bits per heavy atom. The summed E-state index contributed by atoms with van der Waals surface area (Å²) in [6, 6.07) is 4.32. The second-order valence-electron chi connectivity index (χ2n) is 4.01. The molecule has 0 saturated heterocycles. The van der Waals surface area contributed by atoms with Gasteiger partial charge in [0.25, 0.3) is 0 Å². The Morgan fingerprint density at radius 2 is 2.24 bits per heavy atom. The van der Waals surface area contributed by atoms with Crippen LogP contribution in [0.4, 0.5) is 0 Å². The van der Waals surface area contributed by atoms with Crippen LogP contribution in [-0.2, 0) is 0 Å². The lowest BCUT2D eigenvalue weighted by Gasteiger charge is -2.14. The summed E-state index contributed by atoms with van der Waals surface area (Å²) in [5.74, 6) is 0.952. The van der Waals surface area contributed by atoms with Gasteiger partial charge in [-0.05, 0) is 54.0 Å². The first-order valence-corrected chi connectivity index (χ1v) is 7.27. The van der Waals surface area contributed by atoms with E-state index in [1.54, 1.807) is 6.26 Å². The Morgan fingerprint density at radius 3 is 2.71 bits per heavy atom. The van der Waals surface area contributed by atoms with Gasteiger partial charge in [-0.3, -0.25) is 0 Å². The molecule has 4 heteroatoms. The van der Waals surface area contributed by atoms with Crippen LogP contribution < -0.4 is 5.32 Å². The van der Waals surface area contributed by atoms with Crippen LogP contribution in [0.25, 0.3) is 0 Å². The highest BCUT2D eigenvalue weighted by Gasteiger charge is 2.21. The Kier molecular flexibility index (Phi) is 4.07. The molecule has 1 N–H and O–H groups in total. The lowest BCUT2D eigenvalue weighted by atomic mass is 10.1. The van der Waals surface area contributed by atoms with Gasteiger partial charge in [0.2, 0.25) is 0 Å². The third kappa shape index (κ3) is 2.64. The predicted octanol–water partition coefficient (Wildman–Crippen LogP) is 4.42. The fraction of sp³-hybridized carbons (Fsp3) is 0.385. The molecule has 17 heavy (non-hydrogen) atoms. The second-order valence-corrected chi connectivity index (χ2v) is 6.15. The van der Waals surface area contributed by atoms with Crippen molar-refractivity contribution in [3.8, 4) is 0 Å². The molecule has 2 nitrogen and oxygen atoms in total. The van der Waals surface area contributed by atoms with Gasteiger partial charge in [-0.25, -0.2) is 0 Å². The minimum Gasteiger partial charge on any atom is -0.466 e. The molecule has 0 amide bonds. The van der Waals surface area contributed by atoms with Crippen molar-refractivity contribution in [3.05, 3.63) is 43.9 Å². The van der Waals surface area contributed by atoms with Crippen LogP contribution in [0.3, 0.4) is 0 Å². The van der Waals surface area contributed by atoms with Gasteiger partial charge in [0, 0.05) is 9.75 Å². The summed E-state index contributed by atoms with van der Waals surface area (Å²) in [5, 5.41) is 3.47. The van der Waals surface area contributed by atoms with Gasteiger partial charge in [-0.1, -0.05) is 6.92 Å². The average molecular weight is 314 g/mol. The van der Waals surface area contributed by atoms with E-state index >= 15 is 0 Å². The van der Waals surface area contributed by atoms with Gasteiger partial charge in [-0.15, -0.1) is 11.3 Å². The van der Waals surface area contributed by atoms with Crippen molar-refractivity contribution in [2.24, 2.45) is 0 Å². The van der Waals surface area contributed by atoms with Crippen LogP contribution in [0.1, 0.15) is 34.0 Å². The Labute approximate surface area is 114 Å². The van der Waals surface area contributed by atoms with Crippen molar-refractivity contribution in [1.82, 2.24) is 5.32 Å². The zero-order chi connectivity index (χ0) is 12.4. The van der Waals surface area contributed by atoms with Crippen molar-refractivity contribution < 1.29 is 4.42 Å². The maximum Gasteiger partial charge on any atom is 0.140 e. The minimum atomic E-state index is 0.141. The number of rotatable bonds is 4. The summed E-state index contributed by atoms with van der Waals surface area (Å²) in [4.78, 5) is 2.67. The van der Waals surface area contributed by atoms with Crippen LogP contribution in [0, 0.1) is 13.8 Å². The normalized spacial score (nSPS) is 12.9. The molecule has 0 bridgehead atoms. The van der Waals surface area contributed by atoms with Crippen molar-refractivity contribution >= 4 is 27.3 Å². The molecule has 0 spiro atoms. The van der Waals surface area contributed by atoms with E-state index in [2.05, 4.69) is 48.1 Å². The molecule has 2 heterocycles. The van der Waals surface area contributed by atoms with Crippen LogP contribution in [0.5, 0.6) is 0 Å². The number of aryl methyl sites for hydroxylation is 2. The minimum absolute atomic E-state index is 0.141. The smallest absolute Gasteiger partial charge is 0.140 e. The largest absolute Gasteiger partial charge is 0.466 e. The molecule has 1 atom stereocenters. The highest BCUT2D eigenvalue weighted by Crippen LogP contribution is 2.34. The van der Waals surface area contributed by atoms with Gasteiger partial charge in [-0.2, -0.15) is 0 Å². The molecular weight excluding hydrogens is 298 g/mol. The van der Waals surface area contributed by atoms with Crippen LogP contribution in [0.2, 0.25) is 0 Å². The molecule has 2 aromatic rings. The zero-order valence-corrected chi connectivity index (χ0v) is 12.6. The zero-order valence-electron chi connectivity index (χ0n) is 10.2. The topological polar surface area (TPSA) is 25.2 Å². The molecule has 2 rings (SSSR count). The Balaban J connectivity index is 2.39. The van der Waals surface area contributed by atoms with Gasteiger partial charge in [0.05, 0.1) is 10.7 Å². The second kappa shape index (κ2) is 5.38. The summed E-state index contributed by atoms with van der Waals surface area (Å²) in [6.07, 6.45) is 1.72. The summed E-state index contributed by atoms with van der Waals surface area (Å²) in [6.45, 7) is 7.32. The number of nitrogens with one attached hydrogen (secondary N) is 1. The van der Waals surface area contributed by atoms with Crippen LogP contribution in [-0.4, -0.2) is 6.54 Å². The van der Waals surface area contributed by atoms with Gasteiger partial charge in [0.15, 0.2) is 0 Å². The molecule has 0 saturated carbocycles. The van der Waals surface area contributed by atoms with Gasteiger partial charge >= 0.3 is 0 Å². The lowest BCUT2D eigenvalue weighted by Crippen LogP contribution is -2.20. The maximum atomic E-state index is 5.58.